The van der Waals surface area contributed by atoms with Gasteiger partial charge in [0.05, 0.1) is 0 Å². The largest absolute Gasteiger partial charge is 0.445 e. The summed E-state index contributed by atoms with van der Waals surface area (Å²) < 4.78 is 15.7. The zero-order valence-corrected chi connectivity index (χ0v) is 10.1. The van der Waals surface area contributed by atoms with E-state index < -0.39 is 22.3 Å². The van der Waals surface area contributed by atoms with Crippen molar-refractivity contribution in [1.82, 2.24) is 0 Å². The Morgan fingerprint density at radius 1 is 1.44 bits per heavy atom. The Bertz CT molecular complexity index is 381. The number of nitrogens with one attached hydrogen (secondary N) is 1. The highest BCUT2D eigenvalue weighted by Crippen LogP contribution is 2.26. The van der Waals surface area contributed by atoms with Crippen LogP contribution in [0.25, 0.3) is 0 Å². The van der Waals surface area contributed by atoms with E-state index in [2.05, 4.69) is 10.1 Å². The summed E-state index contributed by atoms with van der Waals surface area (Å²) in [5.74, 6) is -0.473. The van der Waals surface area contributed by atoms with E-state index in [0.29, 0.717) is 0 Å². The molecule has 0 saturated heterocycles. The molecular weight excluding hydrogens is 279 g/mol. The van der Waals surface area contributed by atoms with Gasteiger partial charge in [0.1, 0.15) is 12.4 Å². The molecule has 0 atom stereocenters. The number of rotatable bonds is 2. The van der Waals surface area contributed by atoms with Crippen molar-refractivity contribution in [3.05, 3.63) is 30.1 Å². The van der Waals surface area contributed by atoms with Crippen LogP contribution in [0.4, 0.5) is 14.9 Å². The fraction of sp³-hybridized carbons (Fsp3) is 0.222. The molecule has 0 aliphatic rings. The number of carbonyl (C=O) groups excluding carboxylic acids is 1. The van der Waals surface area contributed by atoms with Crippen molar-refractivity contribution < 1.29 is 13.9 Å². The Kier molecular flexibility index (Phi) is 4.65. The molecule has 88 valence electrons. The van der Waals surface area contributed by atoms with E-state index in [1.54, 1.807) is 0 Å². The topological polar surface area (TPSA) is 38.3 Å². The SMILES string of the molecule is O=C(Nc1cccc(F)c1)OCC(Cl)(Cl)Cl. The molecule has 0 unspecified atom stereocenters. The zero-order valence-electron chi connectivity index (χ0n) is 7.84. The van der Waals surface area contributed by atoms with Crippen LogP contribution in [-0.4, -0.2) is 16.5 Å². The van der Waals surface area contributed by atoms with Crippen molar-refractivity contribution in [2.24, 2.45) is 0 Å². The van der Waals surface area contributed by atoms with Crippen LogP contribution in [0.15, 0.2) is 24.3 Å². The van der Waals surface area contributed by atoms with Crippen molar-refractivity contribution in [3.63, 3.8) is 0 Å². The normalized spacial score (nSPS) is 11.0. The lowest BCUT2D eigenvalue weighted by Crippen LogP contribution is -2.21. The molecule has 3 nitrogen and oxygen atoms in total. The first-order chi connectivity index (χ1) is 7.37. The molecule has 0 heterocycles. The maximum atomic E-state index is 12.7. The predicted molar refractivity (Wildman–Crippen MR) is 61.7 cm³/mol. The lowest BCUT2D eigenvalue weighted by molar-refractivity contribution is 0.164. The second-order valence-electron chi connectivity index (χ2n) is 2.83. The van der Waals surface area contributed by atoms with Gasteiger partial charge in [-0.2, -0.15) is 0 Å². The van der Waals surface area contributed by atoms with E-state index in [1.165, 1.54) is 18.2 Å². The molecule has 1 N–H and O–H groups in total. The minimum absolute atomic E-state index is 0.259. The average molecular weight is 287 g/mol. The van der Waals surface area contributed by atoms with Crippen LogP contribution in [0.3, 0.4) is 0 Å². The van der Waals surface area contributed by atoms with Gasteiger partial charge in [-0.1, -0.05) is 40.9 Å². The molecule has 1 aromatic rings. The third kappa shape index (κ3) is 5.39. The summed E-state index contributed by atoms with van der Waals surface area (Å²) in [5, 5.41) is 2.28. The fourth-order valence-corrected chi connectivity index (χ4v) is 1.03. The van der Waals surface area contributed by atoms with Gasteiger partial charge in [0.15, 0.2) is 0 Å². The molecule has 0 spiro atoms. The first-order valence-corrected chi connectivity index (χ1v) is 5.26. The van der Waals surface area contributed by atoms with Gasteiger partial charge in [-0.05, 0) is 18.2 Å². The minimum Gasteiger partial charge on any atom is -0.445 e. The molecule has 0 aliphatic heterocycles. The lowest BCUT2D eigenvalue weighted by atomic mass is 10.3. The van der Waals surface area contributed by atoms with Gasteiger partial charge < -0.3 is 4.74 Å². The van der Waals surface area contributed by atoms with Crippen LogP contribution < -0.4 is 5.32 Å². The van der Waals surface area contributed by atoms with E-state index in [4.69, 9.17) is 34.8 Å². The maximum absolute atomic E-state index is 12.7. The summed E-state index contributed by atoms with van der Waals surface area (Å²) in [5.41, 5.74) is 0.259. The summed E-state index contributed by atoms with van der Waals surface area (Å²) in [6, 6.07) is 5.33. The van der Waals surface area contributed by atoms with Gasteiger partial charge >= 0.3 is 6.09 Å². The summed E-state index contributed by atoms with van der Waals surface area (Å²) in [6.07, 6.45) is -0.822. The molecule has 0 fully saturated rings. The van der Waals surface area contributed by atoms with Crippen molar-refractivity contribution in [2.75, 3.05) is 11.9 Å². The van der Waals surface area contributed by atoms with Crippen LogP contribution >= 0.6 is 34.8 Å². The molecule has 16 heavy (non-hydrogen) atoms. The second kappa shape index (κ2) is 5.57. The van der Waals surface area contributed by atoms with Crippen molar-refractivity contribution >= 4 is 46.6 Å². The molecule has 0 aromatic heterocycles. The van der Waals surface area contributed by atoms with Crippen LogP contribution in [-0.2, 0) is 4.74 Å². The van der Waals surface area contributed by atoms with Gasteiger partial charge in [-0.3, -0.25) is 5.32 Å². The quantitative estimate of drug-likeness (QED) is 0.841. The summed E-state index contributed by atoms with van der Waals surface area (Å²) in [6.45, 7) is -0.390. The van der Waals surface area contributed by atoms with Crippen molar-refractivity contribution in [3.8, 4) is 0 Å². The zero-order chi connectivity index (χ0) is 12.2. The smallest absolute Gasteiger partial charge is 0.411 e. The van der Waals surface area contributed by atoms with Crippen LogP contribution in [0.5, 0.6) is 0 Å². The lowest BCUT2D eigenvalue weighted by Gasteiger charge is -2.11. The highest BCUT2D eigenvalue weighted by molar-refractivity contribution is 6.67. The molecule has 1 rings (SSSR count). The molecule has 0 bridgehead atoms. The third-order valence-corrected chi connectivity index (χ3v) is 1.77. The number of alkyl halides is 3. The second-order valence-corrected chi connectivity index (χ2v) is 5.34. The average Bonchev–Trinajstić information content (AvgIpc) is 2.14. The summed E-state index contributed by atoms with van der Waals surface area (Å²) >= 11 is 16.1. The van der Waals surface area contributed by atoms with Crippen molar-refractivity contribution in [2.45, 2.75) is 3.79 Å². The number of carbonyl (C=O) groups is 1. The van der Waals surface area contributed by atoms with Gasteiger partial charge in [-0.15, -0.1) is 0 Å². The molecule has 0 saturated carbocycles. The Hall–Kier alpha value is -0.710. The number of hydrogen-bond acceptors (Lipinski definition) is 2. The van der Waals surface area contributed by atoms with Gasteiger partial charge in [0, 0.05) is 5.69 Å². The van der Waals surface area contributed by atoms with Crippen molar-refractivity contribution in [1.29, 1.82) is 0 Å². The molecule has 0 aliphatic carbocycles. The Morgan fingerprint density at radius 3 is 2.69 bits per heavy atom. The third-order valence-electron chi connectivity index (χ3n) is 1.44. The van der Waals surface area contributed by atoms with E-state index in [0.717, 1.165) is 6.07 Å². The molecule has 0 radical (unpaired) electrons. The number of ether oxygens (including phenoxy) is 1. The number of amides is 1. The van der Waals surface area contributed by atoms with E-state index in [-0.39, 0.29) is 5.69 Å². The molecular formula is C9H7Cl3FNO2. The van der Waals surface area contributed by atoms with Gasteiger partial charge in [0.2, 0.25) is 3.79 Å². The first-order valence-electron chi connectivity index (χ1n) is 4.13. The van der Waals surface area contributed by atoms with Crippen LogP contribution in [0, 0.1) is 5.82 Å². The number of hydrogen-bond donors (Lipinski definition) is 1. The molecule has 1 aromatic carbocycles. The highest BCUT2D eigenvalue weighted by Gasteiger charge is 2.22. The van der Waals surface area contributed by atoms with Crippen LogP contribution in [0.1, 0.15) is 0 Å². The predicted octanol–water partition coefficient (Wildman–Crippen LogP) is 3.74. The monoisotopic (exact) mass is 285 g/mol. The van der Waals surface area contributed by atoms with Gasteiger partial charge in [0.25, 0.3) is 0 Å². The fourth-order valence-electron chi connectivity index (χ4n) is 0.868. The Balaban J connectivity index is 2.46. The highest BCUT2D eigenvalue weighted by atomic mass is 35.6. The summed E-state index contributed by atoms with van der Waals surface area (Å²) in [4.78, 5) is 11.1. The number of benzene rings is 1. The number of anilines is 1. The summed E-state index contributed by atoms with van der Waals surface area (Å²) in [7, 11) is 0. The number of halogens is 4. The minimum atomic E-state index is -1.67. The van der Waals surface area contributed by atoms with E-state index in [9.17, 15) is 9.18 Å². The van der Waals surface area contributed by atoms with E-state index in [1.807, 2.05) is 0 Å². The Labute approximate surface area is 106 Å². The standard InChI is InChI=1S/C9H7Cl3FNO2/c10-9(11,12)5-16-8(15)14-7-3-1-2-6(13)4-7/h1-4H,5H2,(H,14,15). The molecule has 1 amide bonds. The first kappa shape index (κ1) is 13.4. The van der Waals surface area contributed by atoms with E-state index >= 15 is 0 Å². The molecule has 7 heteroatoms. The van der Waals surface area contributed by atoms with Gasteiger partial charge in [-0.25, -0.2) is 9.18 Å². The maximum Gasteiger partial charge on any atom is 0.411 e. The Morgan fingerprint density at radius 2 is 2.12 bits per heavy atom. The van der Waals surface area contributed by atoms with Crippen LogP contribution in [0.2, 0.25) is 0 Å².